The zero-order valence-corrected chi connectivity index (χ0v) is 9.94. The highest BCUT2D eigenvalue weighted by Gasteiger charge is 2.13. The Bertz CT molecular complexity index is 184. The second kappa shape index (κ2) is 7.82. The van der Waals surface area contributed by atoms with E-state index in [9.17, 15) is 4.79 Å². The van der Waals surface area contributed by atoms with Gasteiger partial charge in [-0.05, 0) is 43.2 Å². The third kappa shape index (κ3) is 5.89. The van der Waals surface area contributed by atoms with Gasteiger partial charge in [-0.3, -0.25) is 0 Å². The summed E-state index contributed by atoms with van der Waals surface area (Å²) in [5.74, 6) is 3.15. The Hall–Kier alpha value is -0.420. The molecule has 0 radical (unpaired) electrons. The van der Waals surface area contributed by atoms with Crippen LogP contribution in [-0.4, -0.2) is 37.2 Å². The van der Waals surface area contributed by atoms with E-state index in [1.165, 1.54) is 24.3 Å². The summed E-state index contributed by atoms with van der Waals surface area (Å²) in [7, 11) is 0. The summed E-state index contributed by atoms with van der Waals surface area (Å²) in [6, 6.07) is -0.0540. The molecule has 88 valence electrons. The zero-order chi connectivity index (χ0) is 10.9. The minimum atomic E-state index is -0.0540. The van der Waals surface area contributed by atoms with Gasteiger partial charge in [-0.2, -0.15) is 11.8 Å². The van der Waals surface area contributed by atoms with Gasteiger partial charge in [-0.25, -0.2) is 4.79 Å². The van der Waals surface area contributed by atoms with Crippen LogP contribution < -0.4 is 16.4 Å². The Labute approximate surface area is 95.7 Å². The van der Waals surface area contributed by atoms with Crippen LogP contribution in [0.5, 0.6) is 0 Å². The normalized spacial score (nSPS) is 17.4. The Morgan fingerprint density at radius 1 is 1.33 bits per heavy atom. The lowest BCUT2D eigenvalue weighted by Crippen LogP contribution is -2.39. The molecule has 15 heavy (non-hydrogen) atoms. The van der Waals surface area contributed by atoms with Gasteiger partial charge in [0.2, 0.25) is 0 Å². The van der Waals surface area contributed by atoms with E-state index < -0.39 is 0 Å². The molecule has 1 heterocycles. The summed E-state index contributed by atoms with van der Waals surface area (Å²) < 4.78 is 0. The molecule has 4 nitrogen and oxygen atoms in total. The number of urea groups is 1. The van der Waals surface area contributed by atoms with Crippen molar-refractivity contribution >= 4 is 17.8 Å². The highest BCUT2D eigenvalue weighted by atomic mass is 32.2. The van der Waals surface area contributed by atoms with Gasteiger partial charge < -0.3 is 16.4 Å². The van der Waals surface area contributed by atoms with Crippen molar-refractivity contribution in [1.82, 2.24) is 10.6 Å². The van der Waals surface area contributed by atoms with Gasteiger partial charge in [-0.1, -0.05) is 0 Å². The number of thioether (sulfide) groups is 1. The van der Waals surface area contributed by atoms with Crippen molar-refractivity contribution in [3.05, 3.63) is 0 Å². The number of rotatable bonds is 5. The Morgan fingerprint density at radius 2 is 2.07 bits per heavy atom. The maximum atomic E-state index is 11.3. The smallest absolute Gasteiger partial charge is 0.314 e. The number of carbonyl (C=O) groups excluding carboxylic acids is 1. The first kappa shape index (κ1) is 12.6. The molecular weight excluding hydrogens is 210 g/mol. The van der Waals surface area contributed by atoms with Crippen LogP contribution in [0.4, 0.5) is 4.79 Å². The van der Waals surface area contributed by atoms with Gasteiger partial charge in [0.05, 0.1) is 0 Å². The van der Waals surface area contributed by atoms with Gasteiger partial charge in [0.15, 0.2) is 0 Å². The SMILES string of the molecule is NCCCNC(=O)NCC1CCSCC1. The summed E-state index contributed by atoms with van der Waals surface area (Å²) in [6.45, 7) is 2.11. The average Bonchev–Trinajstić information content (AvgIpc) is 2.28. The molecule has 0 atom stereocenters. The summed E-state index contributed by atoms with van der Waals surface area (Å²) >= 11 is 2.01. The molecule has 1 rings (SSSR count). The third-order valence-corrected chi connectivity index (χ3v) is 3.61. The van der Waals surface area contributed by atoms with Gasteiger partial charge in [-0.15, -0.1) is 0 Å². The highest BCUT2D eigenvalue weighted by Crippen LogP contribution is 2.21. The molecule has 4 N–H and O–H groups in total. The maximum absolute atomic E-state index is 11.3. The average molecular weight is 231 g/mol. The van der Waals surface area contributed by atoms with E-state index in [0.29, 0.717) is 19.0 Å². The Balaban J connectivity index is 2.00. The molecule has 0 spiro atoms. The largest absolute Gasteiger partial charge is 0.338 e. The first-order chi connectivity index (χ1) is 7.33. The Kier molecular flexibility index (Phi) is 6.59. The van der Waals surface area contributed by atoms with Crippen molar-refractivity contribution in [2.45, 2.75) is 19.3 Å². The van der Waals surface area contributed by atoms with E-state index in [4.69, 9.17) is 5.73 Å². The summed E-state index contributed by atoms with van der Waals surface area (Å²) in [5.41, 5.74) is 5.33. The lowest BCUT2D eigenvalue weighted by Gasteiger charge is -2.21. The van der Waals surface area contributed by atoms with Gasteiger partial charge in [0.25, 0.3) is 0 Å². The van der Waals surface area contributed by atoms with Crippen LogP contribution in [0.25, 0.3) is 0 Å². The lowest BCUT2D eigenvalue weighted by molar-refractivity contribution is 0.238. The quantitative estimate of drug-likeness (QED) is 0.612. The van der Waals surface area contributed by atoms with Crippen molar-refractivity contribution in [3.63, 3.8) is 0 Å². The summed E-state index contributed by atoms with van der Waals surface area (Å²) in [5, 5.41) is 5.70. The lowest BCUT2D eigenvalue weighted by atomic mass is 10.0. The first-order valence-electron chi connectivity index (χ1n) is 5.62. The summed E-state index contributed by atoms with van der Waals surface area (Å²) in [6.07, 6.45) is 3.30. The molecule has 1 fully saturated rings. The predicted octanol–water partition coefficient (Wildman–Crippen LogP) is 0.778. The molecule has 1 aliphatic heterocycles. The molecule has 0 saturated carbocycles. The zero-order valence-electron chi connectivity index (χ0n) is 9.13. The number of amides is 2. The van der Waals surface area contributed by atoms with E-state index in [0.717, 1.165) is 13.0 Å². The molecule has 1 saturated heterocycles. The second-order valence-electron chi connectivity index (χ2n) is 3.83. The molecule has 5 heteroatoms. The summed E-state index contributed by atoms with van der Waals surface area (Å²) in [4.78, 5) is 11.3. The predicted molar refractivity (Wildman–Crippen MR) is 65.1 cm³/mol. The van der Waals surface area contributed by atoms with E-state index >= 15 is 0 Å². The van der Waals surface area contributed by atoms with E-state index in [2.05, 4.69) is 10.6 Å². The van der Waals surface area contributed by atoms with E-state index in [1.807, 2.05) is 11.8 Å². The Morgan fingerprint density at radius 3 is 2.73 bits per heavy atom. The molecule has 0 aromatic rings. The number of hydrogen-bond donors (Lipinski definition) is 3. The monoisotopic (exact) mass is 231 g/mol. The van der Waals surface area contributed by atoms with Crippen LogP contribution >= 0.6 is 11.8 Å². The molecule has 0 aromatic carbocycles. The minimum Gasteiger partial charge on any atom is -0.338 e. The first-order valence-corrected chi connectivity index (χ1v) is 6.78. The second-order valence-corrected chi connectivity index (χ2v) is 5.06. The van der Waals surface area contributed by atoms with Crippen LogP contribution in [0.2, 0.25) is 0 Å². The molecule has 0 unspecified atom stereocenters. The molecule has 0 aliphatic carbocycles. The molecule has 2 amide bonds. The molecular formula is C10H21N3OS. The van der Waals surface area contributed by atoms with Crippen LogP contribution in [0, 0.1) is 5.92 Å². The van der Waals surface area contributed by atoms with Crippen molar-refractivity contribution in [2.24, 2.45) is 11.7 Å². The van der Waals surface area contributed by atoms with Crippen LogP contribution in [-0.2, 0) is 0 Å². The highest BCUT2D eigenvalue weighted by molar-refractivity contribution is 7.99. The van der Waals surface area contributed by atoms with Crippen molar-refractivity contribution < 1.29 is 4.79 Å². The van der Waals surface area contributed by atoms with E-state index in [-0.39, 0.29) is 6.03 Å². The fraction of sp³-hybridized carbons (Fsp3) is 0.900. The van der Waals surface area contributed by atoms with Crippen LogP contribution in [0.1, 0.15) is 19.3 Å². The molecule has 0 aromatic heterocycles. The van der Waals surface area contributed by atoms with Gasteiger partial charge in [0, 0.05) is 13.1 Å². The standard InChI is InChI=1S/C10H21N3OS/c11-4-1-5-12-10(14)13-8-9-2-6-15-7-3-9/h9H,1-8,11H2,(H2,12,13,14). The molecule has 1 aliphatic rings. The minimum absolute atomic E-state index is 0.0540. The number of carbonyl (C=O) groups is 1. The van der Waals surface area contributed by atoms with Crippen molar-refractivity contribution in [2.75, 3.05) is 31.1 Å². The van der Waals surface area contributed by atoms with Crippen LogP contribution in [0.3, 0.4) is 0 Å². The number of hydrogen-bond acceptors (Lipinski definition) is 3. The number of nitrogens with one attached hydrogen (secondary N) is 2. The molecule has 0 bridgehead atoms. The fourth-order valence-corrected chi connectivity index (χ4v) is 2.76. The maximum Gasteiger partial charge on any atom is 0.314 e. The van der Waals surface area contributed by atoms with E-state index in [1.54, 1.807) is 0 Å². The van der Waals surface area contributed by atoms with Gasteiger partial charge in [0.1, 0.15) is 0 Å². The fourth-order valence-electron chi connectivity index (χ4n) is 1.55. The third-order valence-electron chi connectivity index (χ3n) is 2.56. The number of nitrogens with two attached hydrogens (primary N) is 1. The van der Waals surface area contributed by atoms with Crippen LogP contribution in [0.15, 0.2) is 0 Å². The van der Waals surface area contributed by atoms with Crippen molar-refractivity contribution in [3.8, 4) is 0 Å². The van der Waals surface area contributed by atoms with Gasteiger partial charge >= 0.3 is 6.03 Å². The van der Waals surface area contributed by atoms with Crippen molar-refractivity contribution in [1.29, 1.82) is 0 Å². The topological polar surface area (TPSA) is 67.1 Å².